The van der Waals surface area contributed by atoms with Crippen molar-refractivity contribution in [1.29, 1.82) is 0 Å². The molecular formula is C6H10N4OS. The first-order valence-electron chi connectivity index (χ1n) is 3.50. The molecule has 0 saturated carbocycles. The van der Waals surface area contributed by atoms with Gasteiger partial charge in [0, 0.05) is 5.92 Å². The molecule has 3 N–H and O–H groups in total. The summed E-state index contributed by atoms with van der Waals surface area (Å²) >= 11 is 4.71. The number of hydrogen-bond donors (Lipinski definition) is 2. The lowest BCUT2D eigenvalue weighted by Gasteiger charge is -2.03. The Morgan fingerprint density at radius 2 is 2.25 bits per heavy atom. The van der Waals surface area contributed by atoms with Gasteiger partial charge in [-0.15, -0.1) is 0 Å². The maximum atomic E-state index is 11.3. The van der Waals surface area contributed by atoms with Crippen LogP contribution in [0.5, 0.6) is 0 Å². The highest BCUT2D eigenvalue weighted by Crippen LogP contribution is 2.02. The molecule has 12 heavy (non-hydrogen) atoms. The molecule has 0 aliphatic rings. The number of rotatable bonds is 1. The molecule has 0 aromatic carbocycles. The Bertz CT molecular complexity index is 391. The molecule has 66 valence electrons. The van der Waals surface area contributed by atoms with Crippen LogP contribution in [0, 0.1) is 4.77 Å². The monoisotopic (exact) mass is 186 g/mol. The molecule has 6 heteroatoms. The lowest BCUT2D eigenvalue weighted by Crippen LogP contribution is -2.33. The molecule has 1 heterocycles. The second kappa shape index (κ2) is 3.06. The largest absolute Gasteiger partial charge is 0.334 e. The van der Waals surface area contributed by atoms with E-state index in [4.69, 9.17) is 18.1 Å². The molecule has 5 nitrogen and oxygen atoms in total. The first-order chi connectivity index (χ1) is 5.54. The predicted octanol–water partition coefficient (Wildman–Crippen LogP) is 0.138. The number of hydrogen-bond acceptors (Lipinski definition) is 4. The van der Waals surface area contributed by atoms with Gasteiger partial charge in [0.15, 0.2) is 0 Å². The van der Waals surface area contributed by atoms with Crippen molar-refractivity contribution in [2.45, 2.75) is 19.8 Å². The normalized spacial score (nSPS) is 10.6. The molecule has 1 rings (SSSR count). The van der Waals surface area contributed by atoms with Gasteiger partial charge < -0.3 is 5.84 Å². The van der Waals surface area contributed by atoms with E-state index >= 15 is 0 Å². The maximum Gasteiger partial charge on any atom is 0.294 e. The quantitative estimate of drug-likeness (QED) is 0.483. The minimum atomic E-state index is -0.339. The third-order valence-corrected chi connectivity index (χ3v) is 1.76. The molecule has 0 spiro atoms. The van der Waals surface area contributed by atoms with E-state index in [2.05, 4.69) is 10.2 Å². The van der Waals surface area contributed by atoms with Crippen molar-refractivity contribution >= 4 is 12.2 Å². The molecule has 1 aromatic rings. The van der Waals surface area contributed by atoms with Crippen LogP contribution in [0.25, 0.3) is 0 Å². The highest BCUT2D eigenvalue weighted by molar-refractivity contribution is 7.71. The average molecular weight is 186 g/mol. The number of nitrogens with two attached hydrogens (primary N) is 1. The molecule has 0 amide bonds. The van der Waals surface area contributed by atoms with Crippen LogP contribution in [0.3, 0.4) is 0 Å². The van der Waals surface area contributed by atoms with Crippen LogP contribution >= 0.6 is 12.2 Å². The zero-order chi connectivity index (χ0) is 9.30. The molecular weight excluding hydrogens is 176 g/mol. The van der Waals surface area contributed by atoms with E-state index in [1.807, 2.05) is 13.8 Å². The molecule has 0 unspecified atom stereocenters. The molecule has 0 bridgehead atoms. The number of nitrogens with one attached hydrogen (secondary N) is 1. The van der Waals surface area contributed by atoms with Crippen LogP contribution in [0.4, 0.5) is 0 Å². The molecule has 0 saturated heterocycles. The van der Waals surface area contributed by atoms with Crippen molar-refractivity contribution in [2.75, 3.05) is 5.84 Å². The molecule has 0 aliphatic heterocycles. The third kappa shape index (κ3) is 1.38. The van der Waals surface area contributed by atoms with Gasteiger partial charge in [0.25, 0.3) is 5.56 Å². The van der Waals surface area contributed by atoms with Gasteiger partial charge in [0.1, 0.15) is 5.69 Å². The number of nitrogen functional groups attached to an aromatic ring is 1. The minimum Gasteiger partial charge on any atom is -0.334 e. The van der Waals surface area contributed by atoms with E-state index < -0.39 is 0 Å². The summed E-state index contributed by atoms with van der Waals surface area (Å²) in [6, 6.07) is 0. The summed E-state index contributed by atoms with van der Waals surface area (Å²) in [6.45, 7) is 3.72. The smallest absolute Gasteiger partial charge is 0.294 e. The summed E-state index contributed by atoms with van der Waals surface area (Å²) in [5.74, 6) is 5.39. The molecule has 1 aromatic heterocycles. The summed E-state index contributed by atoms with van der Waals surface area (Å²) in [7, 11) is 0. The fraction of sp³-hybridized carbons (Fsp3) is 0.500. The van der Waals surface area contributed by atoms with E-state index in [1.54, 1.807) is 0 Å². The average Bonchev–Trinajstić information content (AvgIpc) is 2.00. The van der Waals surface area contributed by atoms with E-state index in [0.717, 1.165) is 4.68 Å². The topological polar surface area (TPSA) is 76.7 Å². The maximum absolute atomic E-state index is 11.3. The fourth-order valence-corrected chi connectivity index (χ4v) is 0.930. The first-order valence-corrected chi connectivity index (χ1v) is 3.91. The number of H-pyrrole nitrogens is 1. The summed E-state index contributed by atoms with van der Waals surface area (Å²) in [5, 5.41) is 6.29. The SMILES string of the molecule is CC(C)c1n[nH]c(=S)n(N)c1=O. The van der Waals surface area contributed by atoms with Gasteiger partial charge in [0.2, 0.25) is 4.77 Å². The standard InChI is InChI=1S/C6H10N4OS/c1-3(2)4-5(11)10(7)6(12)9-8-4/h3H,7H2,1-2H3,(H,9,12). The Balaban J connectivity index is 3.48. The van der Waals surface area contributed by atoms with Gasteiger partial charge in [-0.1, -0.05) is 13.8 Å². The van der Waals surface area contributed by atoms with Crippen molar-refractivity contribution in [3.8, 4) is 0 Å². The van der Waals surface area contributed by atoms with Gasteiger partial charge >= 0.3 is 0 Å². The van der Waals surface area contributed by atoms with Crippen LogP contribution in [-0.4, -0.2) is 14.9 Å². The van der Waals surface area contributed by atoms with Crippen LogP contribution in [-0.2, 0) is 0 Å². The van der Waals surface area contributed by atoms with Crippen molar-refractivity contribution in [1.82, 2.24) is 14.9 Å². The van der Waals surface area contributed by atoms with Crippen LogP contribution in [0.2, 0.25) is 0 Å². The van der Waals surface area contributed by atoms with Gasteiger partial charge in [0.05, 0.1) is 0 Å². The Morgan fingerprint density at radius 1 is 1.67 bits per heavy atom. The number of aromatic nitrogens is 3. The minimum absolute atomic E-state index is 0.0409. The third-order valence-electron chi connectivity index (χ3n) is 1.48. The van der Waals surface area contributed by atoms with E-state index in [-0.39, 0.29) is 16.2 Å². The van der Waals surface area contributed by atoms with Gasteiger partial charge in [-0.2, -0.15) is 9.77 Å². The van der Waals surface area contributed by atoms with Crippen LogP contribution in [0.1, 0.15) is 25.5 Å². The Labute approximate surface area is 74.2 Å². The van der Waals surface area contributed by atoms with Crippen molar-refractivity contribution < 1.29 is 0 Å². The number of nitrogens with zero attached hydrogens (tertiary/aromatic N) is 2. The Hall–Kier alpha value is -1.17. The van der Waals surface area contributed by atoms with E-state index in [9.17, 15) is 4.79 Å². The zero-order valence-corrected chi connectivity index (χ0v) is 7.68. The highest BCUT2D eigenvalue weighted by atomic mass is 32.1. The Morgan fingerprint density at radius 3 is 2.75 bits per heavy atom. The van der Waals surface area contributed by atoms with E-state index in [0.29, 0.717) is 5.69 Å². The zero-order valence-electron chi connectivity index (χ0n) is 6.87. The molecule has 0 aliphatic carbocycles. The second-order valence-electron chi connectivity index (χ2n) is 2.74. The summed E-state index contributed by atoms with van der Waals surface area (Å²) in [6.07, 6.45) is 0. The Kier molecular flexibility index (Phi) is 2.27. The lowest BCUT2D eigenvalue weighted by molar-refractivity contribution is 0.698. The summed E-state index contributed by atoms with van der Waals surface area (Å²) in [4.78, 5) is 11.3. The van der Waals surface area contributed by atoms with Crippen molar-refractivity contribution in [3.63, 3.8) is 0 Å². The molecule has 0 radical (unpaired) electrons. The van der Waals surface area contributed by atoms with Gasteiger partial charge in [-0.25, -0.2) is 0 Å². The van der Waals surface area contributed by atoms with Crippen LogP contribution < -0.4 is 11.4 Å². The molecule has 0 atom stereocenters. The second-order valence-corrected chi connectivity index (χ2v) is 3.13. The van der Waals surface area contributed by atoms with Crippen molar-refractivity contribution in [3.05, 3.63) is 20.8 Å². The van der Waals surface area contributed by atoms with Gasteiger partial charge in [-0.3, -0.25) is 9.89 Å². The van der Waals surface area contributed by atoms with Gasteiger partial charge in [-0.05, 0) is 12.2 Å². The van der Waals surface area contributed by atoms with E-state index in [1.165, 1.54) is 0 Å². The number of aromatic amines is 1. The van der Waals surface area contributed by atoms with Crippen molar-refractivity contribution in [2.24, 2.45) is 0 Å². The predicted molar refractivity (Wildman–Crippen MR) is 47.9 cm³/mol. The summed E-state index contributed by atoms with van der Waals surface area (Å²) in [5.41, 5.74) is 0.0554. The van der Waals surface area contributed by atoms with Crippen LogP contribution in [0.15, 0.2) is 4.79 Å². The molecule has 0 fully saturated rings. The summed E-state index contributed by atoms with van der Waals surface area (Å²) < 4.78 is 1.02. The fourth-order valence-electron chi connectivity index (χ4n) is 0.801. The highest BCUT2D eigenvalue weighted by Gasteiger charge is 2.08. The lowest BCUT2D eigenvalue weighted by atomic mass is 10.1. The first kappa shape index (κ1) is 8.92.